The Morgan fingerprint density at radius 2 is 1.94 bits per heavy atom. The van der Waals surface area contributed by atoms with E-state index in [9.17, 15) is 4.79 Å². The van der Waals surface area contributed by atoms with Crippen LogP contribution in [0.4, 0.5) is 5.69 Å². The molecule has 4 rings (SSSR count). The molecule has 1 N–H and O–H groups in total. The van der Waals surface area contributed by atoms with Crippen molar-refractivity contribution >= 4 is 11.6 Å². The smallest absolute Gasteiger partial charge is 0.278 e. The third-order valence-electron chi connectivity index (χ3n) is 5.56. The molecule has 1 amide bonds. The maximum atomic E-state index is 13.2. The normalized spacial score (nSPS) is 12.6. The van der Waals surface area contributed by atoms with Crippen LogP contribution in [0, 0.1) is 6.92 Å². The summed E-state index contributed by atoms with van der Waals surface area (Å²) in [5.74, 6) is 1.63. The molecule has 3 aromatic rings. The lowest BCUT2D eigenvalue weighted by Gasteiger charge is -2.21. The highest BCUT2D eigenvalue weighted by molar-refractivity contribution is 6.04. The molecule has 1 aromatic heterocycles. The Balaban J connectivity index is 1.60. The van der Waals surface area contributed by atoms with Crippen LogP contribution in [0.1, 0.15) is 62.3 Å². The van der Waals surface area contributed by atoms with Crippen LogP contribution in [0.2, 0.25) is 0 Å². The van der Waals surface area contributed by atoms with Crippen LogP contribution < -0.4 is 19.5 Å². The van der Waals surface area contributed by atoms with Gasteiger partial charge in [0, 0.05) is 6.07 Å². The van der Waals surface area contributed by atoms with E-state index < -0.39 is 0 Å². The van der Waals surface area contributed by atoms with Crippen LogP contribution in [0.15, 0.2) is 36.4 Å². The number of anilines is 1. The second-order valence-electron chi connectivity index (χ2n) is 9.09. The quantitative estimate of drug-likeness (QED) is 0.508. The van der Waals surface area contributed by atoms with Crippen molar-refractivity contribution in [1.82, 2.24) is 15.0 Å². The van der Waals surface area contributed by atoms with Gasteiger partial charge >= 0.3 is 0 Å². The van der Waals surface area contributed by atoms with Gasteiger partial charge in [0.15, 0.2) is 17.2 Å². The summed E-state index contributed by atoms with van der Waals surface area (Å²) in [6.07, 6.45) is 1.97. The van der Waals surface area contributed by atoms with Crippen LogP contribution in [-0.4, -0.2) is 34.3 Å². The molecule has 0 fully saturated rings. The van der Waals surface area contributed by atoms with Crippen molar-refractivity contribution in [3.05, 3.63) is 53.3 Å². The fourth-order valence-electron chi connectivity index (χ4n) is 3.53. The molecule has 0 bridgehead atoms. The van der Waals surface area contributed by atoms with Gasteiger partial charge in [-0.15, -0.1) is 5.10 Å². The highest BCUT2D eigenvalue weighted by atomic mass is 16.7. The minimum absolute atomic E-state index is 0.0696. The average Bonchev–Trinajstić information content (AvgIpc) is 3.39. The first-order chi connectivity index (χ1) is 15.8. The van der Waals surface area contributed by atoms with Gasteiger partial charge in [0.2, 0.25) is 6.79 Å². The molecular formula is C25H30N4O4. The molecule has 0 saturated carbocycles. The first kappa shape index (κ1) is 22.6. The molecule has 0 atom stereocenters. The standard InChI is InChI=1S/C25H30N4O4/c1-6-7-12-31-20-10-8-17(25(3,4)5)13-19(20)26-24(30)23-16(2)29(28-27-23)18-9-11-21-22(14-18)33-15-32-21/h8-11,13-14H,6-7,12,15H2,1-5H3,(H,26,30). The number of benzene rings is 2. The van der Waals surface area contributed by atoms with Crippen molar-refractivity contribution in [1.29, 1.82) is 0 Å². The summed E-state index contributed by atoms with van der Waals surface area (Å²) in [4.78, 5) is 13.2. The number of hydrogen-bond acceptors (Lipinski definition) is 6. The number of fused-ring (bicyclic) bond motifs is 1. The van der Waals surface area contributed by atoms with Crippen molar-refractivity contribution in [3.63, 3.8) is 0 Å². The van der Waals surface area contributed by atoms with Gasteiger partial charge in [0.25, 0.3) is 5.91 Å². The van der Waals surface area contributed by atoms with Crippen molar-refractivity contribution < 1.29 is 19.0 Å². The van der Waals surface area contributed by atoms with Crippen molar-refractivity contribution in [2.24, 2.45) is 0 Å². The van der Waals surface area contributed by atoms with E-state index >= 15 is 0 Å². The van der Waals surface area contributed by atoms with Gasteiger partial charge in [-0.25, -0.2) is 4.68 Å². The summed E-state index contributed by atoms with van der Waals surface area (Å²) in [5, 5.41) is 11.3. The number of unbranched alkanes of at least 4 members (excludes halogenated alkanes) is 1. The molecule has 8 heteroatoms. The monoisotopic (exact) mass is 450 g/mol. The molecule has 2 aromatic carbocycles. The molecule has 0 aliphatic carbocycles. The predicted octanol–water partition coefficient (Wildman–Crippen LogP) is 5.03. The van der Waals surface area contributed by atoms with Gasteiger partial charge in [-0.05, 0) is 48.6 Å². The van der Waals surface area contributed by atoms with Gasteiger partial charge in [-0.1, -0.05) is 45.4 Å². The first-order valence-electron chi connectivity index (χ1n) is 11.2. The third kappa shape index (κ3) is 4.79. The second-order valence-corrected chi connectivity index (χ2v) is 9.09. The third-order valence-corrected chi connectivity index (χ3v) is 5.56. The molecule has 33 heavy (non-hydrogen) atoms. The summed E-state index contributed by atoms with van der Waals surface area (Å²) in [6.45, 7) is 11.1. The van der Waals surface area contributed by atoms with Gasteiger partial charge in [0.1, 0.15) is 5.75 Å². The van der Waals surface area contributed by atoms with Crippen LogP contribution in [0.25, 0.3) is 5.69 Å². The number of carbonyl (C=O) groups excluding carboxylic acids is 1. The summed E-state index contributed by atoms with van der Waals surface area (Å²) >= 11 is 0. The number of hydrogen-bond donors (Lipinski definition) is 1. The fourth-order valence-corrected chi connectivity index (χ4v) is 3.53. The lowest BCUT2D eigenvalue weighted by molar-refractivity contribution is 0.102. The van der Waals surface area contributed by atoms with Gasteiger partial charge in [0.05, 0.1) is 23.7 Å². The molecule has 0 saturated heterocycles. The Morgan fingerprint density at radius 3 is 2.70 bits per heavy atom. The largest absolute Gasteiger partial charge is 0.491 e. The van der Waals surface area contributed by atoms with E-state index in [2.05, 4.69) is 43.3 Å². The molecule has 1 aliphatic rings. The zero-order valence-corrected chi connectivity index (χ0v) is 19.8. The maximum Gasteiger partial charge on any atom is 0.278 e. The van der Waals surface area contributed by atoms with E-state index in [0.29, 0.717) is 35.2 Å². The molecule has 0 spiro atoms. The van der Waals surface area contributed by atoms with Gasteiger partial charge in [-0.3, -0.25) is 4.79 Å². The summed E-state index contributed by atoms with van der Waals surface area (Å²) < 4.78 is 18.4. The first-order valence-corrected chi connectivity index (χ1v) is 11.2. The van der Waals surface area contributed by atoms with E-state index in [1.165, 1.54) is 0 Å². The lowest BCUT2D eigenvalue weighted by atomic mass is 9.87. The lowest BCUT2D eigenvalue weighted by Crippen LogP contribution is -2.17. The highest BCUT2D eigenvalue weighted by Crippen LogP contribution is 2.34. The number of nitrogens with zero attached hydrogens (tertiary/aromatic N) is 3. The fraction of sp³-hybridized carbons (Fsp3) is 0.400. The Labute approximate surface area is 193 Å². The van der Waals surface area contributed by atoms with Crippen molar-refractivity contribution in [3.8, 4) is 22.9 Å². The molecule has 2 heterocycles. The van der Waals surface area contributed by atoms with E-state index in [0.717, 1.165) is 24.1 Å². The van der Waals surface area contributed by atoms with Gasteiger partial charge in [-0.2, -0.15) is 0 Å². The van der Waals surface area contributed by atoms with Crippen molar-refractivity contribution in [2.45, 2.75) is 52.9 Å². The van der Waals surface area contributed by atoms with E-state index in [-0.39, 0.29) is 23.8 Å². The van der Waals surface area contributed by atoms with E-state index in [1.54, 1.807) is 4.68 Å². The van der Waals surface area contributed by atoms with Crippen LogP contribution in [-0.2, 0) is 5.41 Å². The predicted molar refractivity (Wildman–Crippen MR) is 126 cm³/mol. The van der Waals surface area contributed by atoms with Crippen LogP contribution in [0.3, 0.4) is 0 Å². The van der Waals surface area contributed by atoms with Crippen LogP contribution in [0.5, 0.6) is 17.2 Å². The summed E-state index contributed by atoms with van der Waals surface area (Å²) in [7, 11) is 0. The van der Waals surface area contributed by atoms with Gasteiger partial charge < -0.3 is 19.5 Å². The second kappa shape index (κ2) is 9.13. The van der Waals surface area contributed by atoms with E-state index in [4.69, 9.17) is 14.2 Å². The summed E-state index contributed by atoms with van der Waals surface area (Å²) in [6, 6.07) is 11.4. The molecule has 0 radical (unpaired) electrons. The average molecular weight is 451 g/mol. The van der Waals surface area contributed by atoms with E-state index in [1.807, 2.05) is 43.3 Å². The minimum Gasteiger partial charge on any atom is -0.491 e. The molecule has 0 unspecified atom stereocenters. The number of carbonyl (C=O) groups is 1. The molecular weight excluding hydrogens is 420 g/mol. The van der Waals surface area contributed by atoms with Crippen molar-refractivity contribution in [2.75, 3.05) is 18.7 Å². The maximum absolute atomic E-state index is 13.2. The topological polar surface area (TPSA) is 87.5 Å². The Morgan fingerprint density at radius 1 is 1.15 bits per heavy atom. The number of amides is 1. The minimum atomic E-state index is -0.342. The summed E-state index contributed by atoms with van der Waals surface area (Å²) in [5.41, 5.74) is 3.25. The zero-order valence-electron chi connectivity index (χ0n) is 19.8. The zero-order chi connectivity index (χ0) is 23.6. The number of nitrogens with one attached hydrogen (secondary N) is 1. The molecule has 8 nitrogen and oxygen atoms in total. The highest BCUT2D eigenvalue weighted by Gasteiger charge is 2.22. The number of rotatable bonds is 7. The Hall–Kier alpha value is -3.55. The van der Waals surface area contributed by atoms with Crippen LogP contribution >= 0.6 is 0 Å². The SMILES string of the molecule is CCCCOc1ccc(C(C)(C)C)cc1NC(=O)c1nnn(-c2ccc3c(c2)OCO3)c1C. The Kier molecular flexibility index (Phi) is 6.26. The number of ether oxygens (including phenoxy) is 3. The molecule has 1 aliphatic heterocycles. The Bertz CT molecular complexity index is 1160. The number of aromatic nitrogens is 3. The molecule has 174 valence electrons.